The topological polar surface area (TPSA) is 107 Å². The summed E-state index contributed by atoms with van der Waals surface area (Å²) in [5.41, 5.74) is 2.12. The number of nitrogens with one attached hydrogen (secondary N) is 1. The number of benzene rings is 3. The predicted octanol–water partition coefficient (Wildman–Crippen LogP) is 4.72. The van der Waals surface area contributed by atoms with Crippen LogP contribution in [-0.2, 0) is 4.79 Å². The largest absolute Gasteiger partial charge is 0.325 e. The molecule has 0 fully saturated rings. The van der Waals surface area contributed by atoms with Gasteiger partial charge in [-0.15, -0.1) is 0 Å². The third kappa shape index (κ3) is 4.63. The number of anilines is 1. The first-order chi connectivity index (χ1) is 15.8. The average Bonchev–Trinajstić information content (AvgIpc) is 2.80. The zero-order chi connectivity index (χ0) is 23.5. The van der Waals surface area contributed by atoms with Crippen LogP contribution in [0.15, 0.2) is 82.7 Å². The molecule has 3 aromatic carbocycles. The van der Waals surface area contributed by atoms with E-state index in [2.05, 4.69) is 10.3 Å². The molecule has 9 heteroatoms. The van der Waals surface area contributed by atoms with Crippen LogP contribution in [0.1, 0.15) is 12.5 Å². The Labute approximate surface area is 193 Å². The minimum atomic E-state index is -0.632. The number of aromatic nitrogens is 2. The number of nitrogens with zero attached hydrogens (tertiary/aromatic N) is 3. The minimum absolute atomic E-state index is 0.113. The fourth-order valence-corrected chi connectivity index (χ4v) is 4.29. The highest BCUT2D eigenvalue weighted by Crippen LogP contribution is 2.27. The number of nitro groups is 1. The van der Waals surface area contributed by atoms with Crippen molar-refractivity contribution in [1.82, 2.24) is 9.55 Å². The summed E-state index contributed by atoms with van der Waals surface area (Å²) >= 11 is 1.15. The van der Waals surface area contributed by atoms with Crippen molar-refractivity contribution < 1.29 is 9.72 Å². The minimum Gasteiger partial charge on any atom is -0.325 e. The van der Waals surface area contributed by atoms with Crippen LogP contribution in [0.4, 0.5) is 11.4 Å². The van der Waals surface area contributed by atoms with Gasteiger partial charge in [0, 0.05) is 17.8 Å². The van der Waals surface area contributed by atoms with Gasteiger partial charge in [-0.25, -0.2) is 4.98 Å². The van der Waals surface area contributed by atoms with Crippen LogP contribution in [-0.4, -0.2) is 25.6 Å². The molecule has 1 amide bonds. The lowest BCUT2D eigenvalue weighted by Gasteiger charge is -2.17. The lowest BCUT2D eigenvalue weighted by Crippen LogP contribution is -2.26. The SMILES string of the molecule is Cc1ccccc1-n1c(SC(C)C(=O)Nc2cccc([N+](=O)[O-])c2)nc2ccccc2c1=O. The van der Waals surface area contributed by atoms with Crippen LogP contribution in [0, 0.1) is 17.0 Å². The van der Waals surface area contributed by atoms with Crippen molar-refractivity contribution >= 4 is 39.9 Å². The molecule has 0 saturated heterocycles. The Balaban J connectivity index is 1.70. The second-order valence-electron chi connectivity index (χ2n) is 7.40. The number of carbonyl (C=O) groups is 1. The van der Waals surface area contributed by atoms with Crippen molar-refractivity contribution in [2.75, 3.05) is 5.32 Å². The van der Waals surface area contributed by atoms with Crippen molar-refractivity contribution in [3.05, 3.63) is 98.8 Å². The summed E-state index contributed by atoms with van der Waals surface area (Å²) in [5.74, 6) is -0.362. The van der Waals surface area contributed by atoms with Gasteiger partial charge in [-0.05, 0) is 43.7 Å². The van der Waals surface area contributed by atoms with E-state index in [1.807, 2.05) is 31.2 Å². The van der Waals surface area contributed by atoms with Crippen molar-refractivity contribution in [1.29, 1.82) is 0 Å². The summed E-state index contributed by atoms with van der Waals surface area (Å²) in [5, 5.41) is 13.9. The fourth-order valence-electron chi connectivity index (χ4n) is 3.37. The van der Waals surface area contributed by atoms with Crippen molar-refractivity contribution in [2.45, 2.75) is 24.3 Å². The van der Waals surface area contributed by atoms with Crippen LogP contribution < -0.4 is 10.9 Å². The third-order valence-corrected chi connectivity index (χ3v) is 6.13. The molecular weight excluding hydrogens is 440 g/mol. The number of hydrogen-bond acceptors (Lipinski definition) is 6. The number of rotatable bonds is 6. The van der Waals surface area contributed by atoms with Gasteiger partial charge < -0.3 is 5.32 Å². The number of carbonyl (C=O) groups excluding carboxylic acids is 1. The molecule has 1 N–H and O–H groups in total. The standard InChI is InChI=1S/C24H20N4O4S/c1-15-8-3-6-13-21(15)27-23(30)19-11-4-5-12-20(19)26-24(27)33-16(2)22(29)25-17-9-7-10-18(14-17)28(31)32/h3-14,16H,1-2H3,(H,25,29). The number of thioether (sulfide) groups is 1. The monoisotopic (exact) mass is 460 g/mol. The molecule has 1 heterocycles. The Kier molecular flexibility index (Phi) is 6.23. The summed E-state index contributed by atoms with van der Waals surface area (Å²) in [6.07, 6.45) is 0. The van der Waals surface area contributed by atoms with E-state index in [1.54, 1.807) is 37.3 Å². The molecule has 0 bridgehead atoms. The number of fused-ring (bicyclic) bond motifs is 1. The van der Waals surface area contributed by atoms with E-state index in [0.29, 0.717) is 27.4 Å². The van der Waals surface area contributed by atoms with Crippen molar-refractivity contribution in [2.24, 2.45) is 0 Å². The lowest BCUT2D eigenvalue weighted by molar-refractivity contribution is -0.384. The van der Waals surface area contributed by atoms with Crippen LogP contribution in [0.2, 0.25) is 0 Å². The van der Waals surface area contributed by atoms with E-state index in [9.17, 15) is 19.7 Å². The molecule has 33 heavy (non-hydrogen) atoms. The van der Waals surface area contributed by atoms with Gasteiger partial charge >= 0.3 is 0 Å². The summed E-state index contributed by atoms with van der Waals surface area (Å²) in [6, 6.07) is 20.3. The van der Waals surface area contributed by atoms with Gasteiger partial charge in [-0.1, -0.05) is 48.2 Å². The molecule has 0 aliphatic carbocycles. The molecule has 1 aromatic heterocycles. The number of non-ortho nitro benzene ring substituents is 1. The number of hydrogen-bond donors (Lipinski definition) is 1. The Morgan fingerprint density at radius 2 is 1.82 bits per heavy atom. The Morgan fingerprint density at radius 1 is 1.09 bits per heavy atom. The van der Waals surface area contributed by atoms with Crippen molar-refractivity contribution in [3.63, 3.8) is 0 Å². The third-order valence-electron chi connectivity index (χ3n) is 5.08. The fraction of sp³-hybridized carbons (Fsp3) is 0.125. The maximum Gasteiger partial charge on any atom is 0.271 e. The average molecular weight is 461 g/mol. The molecule has 0 spiro atoms. The van der Waals surface area contributed by atoms with Gasteiger partial charge in [0.25, 0.3) is 11.2 Å². The quantitative estimate of drug-likeness (QED) is 0.193. The second-order valence-corrected chi connectivity index (χ2v) is 8.70. The molecule has 166 valence electrons. The van der Waals surface area contributed by atoms with Gasteiger partial charge in [-0.2, -0.15) is 0 Å². The van der Waals surface area contributed by atoms with Crippen molar-refractivity contribution in [3.8, 4) is 5.69 Å². The molecule has 0 aliphatic rings. The maximum atomic E-state index is 13.4. The van der Waals surface area contributed by atoms with E-state index < -0.39 is 10.2 Å². The first-order valence-corrected chi connectivity index (χ1v) is 11.0. The van der Waals surface area contributed by atoms with E-state index in [-0.39, 0.29) is 17.2 Å². The van der Waals surface area contributed by atoms with Crippen LogP contribution in [0.3, 0.4) is 0 Å². The van der Waals surface area contributed by atoms with Crippen LogP contribution >= 0.6 is 11.8 Å². The molecule has 0 radical (unpaired) electrons. The number of amides is 1. The molecule has 1 atom stereocenters. The normalized spacial score (nSPS) is 11.8. The number of para-hydroxylation sites is 2. The summed E-state index contributed by atoms with van der Waals surface area (Å²) < 4.78 is 1.53. The molecule has 1 unspecified atom stereocenters. The highest BCUT2D eigenvalue weighted by atomic mass is 32.2. The second kappa shape index (κ2) is 9.25. The Morgan fingerprint density at radius 3 is 2.58 bits per heavy atom. The van der Waals surface area contributed by atoms with E-state index in [1.165, 1.54) is 22.8 Å². The molecule has 4 aromatic rings. The predicted molar refractivity (Wildman–Crippen MR) is 129 cm³/mol. The van der Waals surface area contributed by atoms with E-state index >= 15 is 0 Å². The zero-order valence-corrected chi connectivity index (χ0v) is 18.7. The van der Waals surface area contributed by atoms with Gasteiger partial charge in [0.2, 0.25) is 5.91 Å². The lowest BCUT2D eigenvalue weighted by atomic mass is 10.2. The number of aryl methyl sites for hydroxylation is 1. The Bertz CT molecular complexity index is 1430. The highest BCUT2D eigenvalue weighted by Gasteiger charge is 2.21. The summed E-state index contributed by atoms with van der Waals surface area (Å²) in [4.78, 5) is 41.4. The summed E-state index contributed by atoms with van der Waals surface area (Å²) in [7, 11) is 0. The molecule has 4 rings (SSSR count). The molecule has 0 aliphatic heterocycles. The van der Waals surface area contributed by atoms with Gasteiger partial charge in [0.05, 0.1) is 26.8 Å². The molecule has 8 nitrogen and oxygen atoms in total. The number of nitro benzene ring substituents is 1. The summed E-state index contributed by atoms with van der Waals surface area (Å²) in [6.45, 7) is 3.60. The van der Waals surface area contributed by atoms with Gasteiger partial charge in [0.15, 0.2) is 5.16 Å². The van der Waals surface area contributed by atoms with Crippen LogP contribution in [0.25, 0.3) is 16.6 Å². The first-order valence-electron chi connectivity index (χ1n) is 10.1. The van der Waals surface area contributed by atoms with E-state index in [0.717, 1.165) is 17.3 Å². The smallest absolute Gasteiger partial charge is 0.271 e. The van der Waals surface area contributed by atoms with E-state index in [4.69, 9.17) is 0 Å². The molecule has 0 saturated carbocycles. The molecular formula is C24H20N4O4S. The Hall–Kier alpha value is -3.98. The zero-order valence-electron chi connectivity index (χ0n) is 17.9. The van der Waals surface area contributed by atoms with Gasteiger partial charge in [-0.3, -0.25) is 24.3 Å². The van der Waals surface area contributed by atoms with Crippen LogP contribution in [0.5, 0.6) is 0 Å². The van der Waals surface area contributed by atoms with Gasteiger partial charge in [0.1, 0.15) is 0 Å². The maximum absolute atomic E-state index is 13.4. The first kappa shape index (κ1) is 22.2. The highest BCUT2D eigenvalue weighted by molar-refractivity contribution is 8.00.